The van der Waals surface area contributed by atoms with Crippen molar-refractivity contribution in [1.82, 2.24) is 25.1 Å². The Morgan fingerprint density at radius 1 is 1.22 bits per heavy atom. The van der Waals surface area contributed by atoms with Crippen molar-refractivity contribution >= 4 is 21.6 Å². The normalized spacial score (nSPS) is 22.3. The topological polar surface area (TPSA) is 78.4 Å². The van der Waals surface area contributed by atoms with E-state index < -0.39 is 9.84 Å². The van der Waals surface area contributed by atoms with Gasteiger partial charge in [-0.3, -0.25) is 9.80 Å². The van der Waals surface area contributed by atoms with Gasteiger partial charge in [0.25, 0.3) is 0 Å². The minimum atomic E-state index is -3.27. The molecule has 2 atom stereocenters. The monoisotopic (exact) mass is 477 g/mol. The predicted octanol–water partition coefficient (Wildman–Crippen LogP) is 2.70. The molecule has 1 aromatic heterocycles. The summed E-state index contributed by atoms with van der Waals surface area (Å²) in [5.41, 5.74) is 1.33. The Bertz CT molecular complexity index is 960. The van der Waals surface area contributed by atoms with Crippen LogP contribution in [0.1, 0.15) is 26.6 Å². The van der Waals surface area contributed by atoms with Gasteiger partial charge in [0.1, 0.15) is 10.7 Å². The maximum absolute atomic E-state index is 11.6. The molecule has 0 radical (unpaired) electrons. The third-order valence-electron chi connectivity index (χ3n) is 6.34. The van der Waals surface area contributed by atoms with Gasteiger partial charge in [0.15, 0.2) is 9.84 Å². The molecule has 2 unspecified atom stereocenters. The first-order chi connectivity index (χ1) is 15.1. The van der Waals surface area contributed by atoms with Gasteiger partial charge in [-0.2, -0.15) is 0 Å². The predicted molar refractivity (Wildman–Crippen MR) is 132 cm³/mol. The molecule has 0 spiro atoms. The van der Waals surface area contributed by atoms with E-state index in [1.807, 2.05) is 18.8 Å². The molecule has 0 saturated carbocycles. The molecule has 0 fully saturated rings. The summed E-state index contributed by atoms with van der Waals surface area (Å²) in [7, 11) is -1.23. The van der Waals surface area contributed by atoms with E-state index in [2.05, 4.69) is 70.2 Å². The minimum absolute atomic E-state index is 0.0446. The molecular weight excluding hydrogens is 442 g/mol. The van der Waals surface area contributed by atoms with Gasteiger partial charge < -0.3 is 5.32 Å². The first-order valence-corrected chi connectivity index (χ1v) is 13.9. The number of sulfone groups is 1. The maximum atomic E-state index is 11.6. The Balaban J connectivity index is 1.58. The van der Waals surface area contributed by atoms with Crippen molar-refractivity contribution in [2.24, 2.45) is 5.41 Å². The first-order valence-electron chi connectivity index (χ1n) is 11.0. The number of aromatic nitrogens is 2. The van der Waals surface area contributed by atoms with E-state index in [-0.39, 0.29) is 10.3 Å². The molecule has 9 heteroatoms. The molecule has 0 aromatic carbocycles. The van der Waals surface area contributed by atoms with Crippen molar-refractivity contribution in [3.63, 3.8) is 0 Å². The fourth-order valence-corrected chi connectivity index (χ4v) is 5.25. The van der Waals surface area contributed by atoms with E-state index >= 15 is 0 Å². The minimum Gasteiger partial charge on any atom is -0.303 e. The molecular formula is C23H35N5O2S2. The van der Waals surface area contributed by atoms with E-state index in [0.717, 1.165) is 38.3 Å². The lowest BCUT2D eigenvalue weighted by atomic mass is 9.81. The fourth-order valence-electron chi connectivity index (χ4n) is 3.91. The largest absolute Gasteiger partial charge is 0.303 e. The number of likely N-dealkylation sites (N-methyl/N-ethyl adjacent to an activating group) is 2. The molecule has 2 heterocycles. The Morgan fingerprint density at radius 2 is 1.91 bits per heavy atom. The molecule has 1 aliphatic heterocycles. The molecule has 3 rings (SSSR count). The second-order valence-electron chi connectivity index (χ2n) is 8.79. The van der Waals surface area contributed by atoms with E-state index in [1.165, 1.54) is 22.9 Å². The van der Waals surface area contributed by atoms with Crippen molar-refractivity contribution in [3.8, 4) is 0 Å². The summed E-state index contributed by atoms with van der Waals surface area (Å²) in [4.78, 5) is 14.7. The van der Waals surface area contributed by atoms with Crippen LogP contribution in [0.25, 0.3) is 0 Å². The van der Waals surface area contributed by atoms with Gasteiger partial charge in [-0.15, -0.1) is 11.8 Å². The number of hydrogen-bond acceptors (Lipinski definition) is 8. The summed E-state index contributed by atoms with van der Waals surface area (Å²) in [5, 5.41) is 3.43. The number of hydrogen-bond donors (Lipinski definition) is 1. The summed E-state index contributed by atoms with van der Waals surface area (Å²) >= 11 is 1.87. The fraction of sp³-hybridized carbons (Fsp3) is 0.565. The Labute approximate surface area is 197 Å². The van der Waals surface area contributed by atoms with Gasteiger partial charge >= 0.3 is 0 Å². The standard InChI is InChI=1S/C23H35N5O2S2/c1-6-28(12-11-27(4)16-22-25-14-20(15-26-22)32(5,29)30)18(2)23(3)9-7-19-13-24-17-31-21(19)8-10-23/h7-10,14-15,18,24H,6,11-13,16-17H2,1-5H3. The summed E-state index contributed by atoms with van der Waals surface area (Å²) in [6, 6.07) is 0.345. The average molecular weight is 478 g/mol. The Morgan fingerprint density at radius 3 is 2.56 bits per heavy atom. The number of thioether (sulfide) groups is 1. The van der Waals surface area contributed by atoms with Crippen LogP contribution in [0.2, 0.25) is 0 Å². The number of rotatable bonds is 9. The van der Waals surface area contributed by atoms with Crippen LogP contribution in [0.3, 0.4) is 0 Å². The van der Waals surface area contributed by atoms with Crippen LogP contribution in [0.5, 0.6) is 0 Å². The lowest BCUT2D eigenvalue weighted by molar-refractivity contribution is 0.135. The van der Waals surface area contributed by atoms with Crippen LogP contribution in [0, 0.1) is 5.41 Å². The second-order valence-corrected chi connectivity index (χ2v) is 11.8. The quantitative estimate of drug-likeness (QED) is 0.582. The highest BCUT2D eigenvalue weighted by molar-refractivity contribution is 8.03. The Hall–Kier alpha value is -1.52. The van der Waals surface area contributed by atoms with Crippen LogP contribution >= 0.6 is 11.8 Å². The van der Waals surface area contributed by atoms with Crippen LogP contribution in [0.15, 0.2) is 52.1 Å². The maximum Gasteiger partial charge on any atom is 0.178 e. The summed E-state index contributed by atoms with van der Waals surface area (Å²) in [5.74, 6) is 1.59. The van der Waals surface area contributed by atoms with Crippen molar-refractivity contribution in [2.75, 3.05) is 45.4 Å². The number of nitrogens with zero attached hydrogens (tertiary/aromatic N) is 4. The van der Waals surface area contributed by atoms with Gasteiger partial charge in [0.05, 0.1) is 6.54 Å². The third-order valence-corrected chi connectivity index (χ3v) is 8.47. The molecule has 1 aliphatic carbocycles. The zero-order valence-corrected chi connectivity index (χ0v) is 21.3. The highest BCUT2D eigenvalue weighted by Gasteiger charge is 2.31. The molecule has 2 aliphatic rings. The summed E-state index contributed by atoms with van der Waals surface area (Å²) < 4.78 is 23.2. The third kappa shape index (κ3) is 6.29. The molecule has 0 bridgehead atoms. The van der Waals surface area contributed by atoms with Crippen molar-refractivity contribution in [2.45, 2.75) is 38.3 Å². The lowest BCUT2D eigenvalue weighted by Crippen LogP contribution is -2.45. The highest BCUT2D eigenvalue weighted by Crippen LogP contribution is 2.36. The Kier molecular flexibility index (Phi) is 8.32. The lowest BCUT2D eigenvalue weighted by Gasteiger charge is -2.39. The van der Waals surface area contributed by atoms with E-state index in [0.29, 0.717) is 18.4 Å². The van der Waals surface area contributed by atoms with Crippen LogP contribution in [0.4, 0.5) is 0 Å². The van der Waals surface area contributed by atoms with Crippen molar-refractivity contribution < 1.29 is 8.42 Å². The summed E-state index contributed by atoms with van der Waals surface area (Å²) in [6.45, 7) is 11.1. The van der Waals surface area contributed by atoms with E-state index in [1.54, 1.807) is 0 Å². The van der Waals surface area contributed by atoms with Crippen LogP contribution in [-0.4, -0.2) is 79.6 Å². The molecule has 1 N–H and O–H groups in total. The SMILES string of the molecule is CCN(CCN(C)Cc1ncc(S(C)(=O)=O)cn1)C(C)C1(C)C=CC2=C(C=C1)SCNC2. The summed E-state index contributed by atoms with van der Waals surface area (Å²) in [6.07, 6.45) is 13.2. The average Bonchev–Trinajstić information content (AvgIpc) is 2.94. The van der Waals surface area contributed by atoms with E-state index in [4.69, 9.17) is 0 Å². The van der Waals surface area contributed by atoms with Crippen molar-refractivity contribution in [1.29, 1.82) is 0 Å². The zero-order valence-electron chi connectivity index (χ0n) is 19.7. The van der Waals surface area contributed by atoms with Gasteiger partial charge in [0, 0.05) is 60.5 Å². The van der Waals surface area contributed by atoms with Gasteiger partial charge in [0.2, 0.25) is 0 Å². The first kappa shape index (κ1) is 25.1. The number of nitrogens with one attached hydrogen (secondary N) is 1. The molecule has 0 saturated heterocycles. The van der Waals surface area contributed by atoms with E-state index in [9.17, 15) is 8.42 Å². The molecule has 1 aromatic rings. The molecule has 0 amide bonds. The molecule has 176 valence electrons. The van der Waals surface area contributed by atoms with Crippen molar-refractivity contribution in [3.05, 3.63) is 53.0 Å². The number of allylic oxidation sites excluding steroid dienone is 1. The van der Waals surface area contributed by atoms with Gasteiger partial charge in [-0.1, -0.05) is 38.2 Å². The van der Waals surface area contributed by atoms with Gasteiger partial charge in [-0.25, -0.2) is 18.4 Å². The zero-order chi connectivity index (χ0) is 23.4. The van der Waals surface area contributed by atoms with Crippen LogP contribution in [-0.2, 0) is 16.4 Å². The van der Waals surface area contributed by atoms with Crippen LogP contribution < -0.4 is 5.32 Å². The molecule has 32 heavy (non-hydrogen) atoms. The van der Waals surface area contributed by atoms with Gasteiger partial charge in [-0.05, 0) is 26.1 Å². The highest BCUT2D eigenvalue weighted by atomic mass is 32.2. The smallest absolute Gasteiger partial charge is 0.178 e. The second kappa shape index (κ2) is 10.6. The molecule has 7 nitrogen and oxygen atoms in total.